The number of carbonyl (C=O) groups excluding carboxylic acids is 6. The SMILES string of the molecule is C.CC(=O)N1C[C@@H](C)C[C@H]2O[C@]3(CC[C@@H]4C(=C(C)C3)C[C@H]3[C@H]4CC[C@@H]4CC(=O)CC[C@@]43C)[C@H](C)[C@@H]21.CC(=O)N[C@H]1CC[C@@]2(C)[C@H](CC[C@H]3[C@@H]4CC[C@@]5(CC(C)=C4C[C@@H]32)O[C@@H]2C[C@H](C)CC[C@H]2[C@H]5C)C1.CC1=C2C[C@H]3[C@@H](CC[C@@H]4CC(=O)CC[C@@]43C)[C@@H]2CC[C@@]2(C1)O[C@@H]1C[C@H](C)CN(C)[C@H]1[C@H]2C.CC1=C2C[C@H]3[C@@H](CC[C@@H]4CC(=O)CC[C@@]43C)[C@@H]2CC[C@@]2(C1)O[C@@H]1C[C@H](C)CN(CCNC(=O)C(C)(C)C)[C@H]1[C@H]2C. The number of ether oxygens (including phenoxy) is 4. The first kappa shape index (κ1) is 104. The van der Waals surface area contributed by atoms with Gasteiger partial charge in [-0.05, 0) is 411 Å². The number of fused-ring (bicyclic) bond motifs is 24. The molecule has 7 heterocycles. The summed E-state index contributed by atoms with van der Waals surface area (Å²) >= 11 is 0. The molecule has 0 aromatic carbocycles. The van der Waals surface area contributed by atoms with Gasteiger partial charge < -0.3 is 39.4 Å². The number of piperidine rings is 3. The third-order valence-corrected chi connectivity index (χ3v) is 49.3. The molecule has 0 radical (unpaired) electrons. The number of carbonyl (C=O) groups is 6. The molecule has 0 aromatic heterocycles. The number of nitrogens with one attached hydrogen (secondary N) is 2. The summed E-state index contributed by atoms with van der Waals surface area (Å²) in [5.41, 5.74) is 15.1. The molecule has 41 atom stereocenters. The lowest BCUT2D eigenvalue weighted by Gasteiger charge is -2.54. The Hall–Kier alpha value is -3.86. The molecule has 788 valence electrons. The maximum Gasteiger partial charge on any atom is 0.225 e. The Morgan fingerprint density at radius 3 is 1.16 bits per heavy atom. The lowest BCUT2D eigenvalue weighted by molar-refractivity contribution is -0.137. The Bertz CT molecular complexity index is 4860. The summed E-state index contributed by atoms with van der Waals surface area (Å²) in [7, 11) is 2.33. The van der Waals surface area contributed by atoms with Gasteiger partial charge in [0.05, 0.1) is 52.9 Å². The van der Waals surface area contributed by atoms with Crippen molar-refractivity contribution in [1.29, 1.82) is 0 Å². The van der Waals surface area contributed by atoms with Gasteiger partial charge in [-0.3, -0.25) is 33.7 Å². The van der Waals surface area contributed by atoms with Gasteiger partial charge >= 0.3 is 0 Å². The van der Waals surface area contributed by atoms with E-state index in [-0.39, 0.29) is 65.1 Å². The highest BCUT2D eigenvalue weighted by atomic mass is 16.5. The van der Waals surface area contributed by atoms with Crippen molar-refractivity contribution < 1.29 is 47.7 Å². The molecule has 7 aliphatic heterocycles. The van der Waals surface area contributed by atoms with E-state index in [2.05, 4.69) is 143 Å². The largest absolute Gasteiger partial charge is 0.371 e. The van der Waals surface area contributed by atoms with Crippen molar-refractivity contribution in [2.45, 2.75) is 493 Å². The smallest absolute Gasteiger partial charge is 0.225 e. The number of hydrogen-bond acceptors (Lipinski definition) is 12. The standard InChI is InChI=1S/C35H56N2O3.C31H49NO2.C30H45NO3.C29H45NO2.CH4/c1-21-16-30-31(37(20-21)15-14-36-32(39)33(4,5)6)23(3)35(40-30)13-11-26-27-9-8-24-17-25(38)10-12-34(24,7)29(27)18-28(26)22(2)19-35;1-18-6-8-24-20(3)31(34-29(24)14-18)13-11-25-26-9-7-22-15-23(32-21(4)33)10-12-30(22,5)28(26)16-27(25)19(2)17-31;1-17-12-27-28(31(16-17)20(4)32)19(3)30(34-27)11-9-23-24-7-6-21-13-22(33)8-10-29(21,5)26(24)14-25(23)18(2)15-30;1-17-12-26-27(30(5)16-17)19(3)29(32-26)11-9-22-23-7-6-20-13-21(31)8-10-28(20,4)25(23)14-24(22)18(2)15-29;/h21,23-24,26-27,29-31H,8-20H2,1-7H3,(H,36,39);18,20,22-26,28-29H,6-17H2,1-5H3,(H,32,33);17,19,21,23-24,26-28H,6-16H2,1-5H3;17,19-20,22-23,25-27H,6-16H2,1-5H3;1H4/t21-,23+,24+,26-,27-,29-,30+,31-,34-,35-;18-,20-,22-,23+,24+,25+,26+,28+,29-,30+,31+;17-,19+,21+,23-,24-,26-,27+,28-,29-,30-;17-,19+,20+,22-,23-,25-,26+,27-,28-,29-;/m0100./s1. The topological polar surface area (TPSA) is 173 Å². The van der Waals surface area contributed by atoms with Crippen LogP contribution in [0, 0.1) is 175 Å². The number of amides is 3. The second-order valence-electron chi connectivity index (χ2n) is 57.7. The van der Waals surface area contributed by atoms with Crippen molar-refractivity contribution in [2.75, 3.05) is 39.8 Å². The fraction of sp³-hybridized carbons (Fsp3) is 0.889. The molecule has 0 bridgehead atoms. The van der Waals surface area contributed by atoms with Crippen LogP contribution in [0.2, 0.25) is 0 Å². The van der Waals surface area contributed by atoms with Crippen LogP contribution in [0.25, 0.3) is 0 Å². The normalized spacial score (nSPS) is 49.9. The molecule has 13 saturated carbocycles. The van der Waals surface area contributed by atoms with Crippen molar-refractivity contribution >= 4 is 35.1 Å². The van der Waals surface area contributed by atoms with Crippen molar-refractivity contribution in [3.63, 3.8) is 0 Å². The van der Waals surface area contributed by atoms with Crippen molar-refractivity contribution in [1.82, 2.24) is 25.3 Å². The van der Waals surface area contributed by atoms with Crippen LogP contribution in [0.1, 0.15) is 422 Å². The van der Waals surface area contributed by atoms with Gasteiger partial charge in [0.1, 0.15) is 17.3 Å². The fourth-order valence-electron chi connectivity index (χ4n) is 41.9. The van der Waals surface area contributed by atoms with E-state index in [9.17, 15) is 28.8 Å². The van der Waals surface area contributed by atoms with Gasteiger partial charge in [-0.15, -0.1) is 0 Å². The first-order valence-electron chi connectivity index (χ1n) is 59.6. The third-order valence-electron chi connectivity index (χ3n) is 49.3. The number of hydrogen-bond donors (Lipinski definition) is 2. The molecule has 24 aliphatic rings. The highest BCUT2D eigenvalue weighted by Gasteiger charge is 2.68. The number of likely N-dealkylation sites (tertiary alicyclic amines) is 3. The molecule has 3 amide bonds. The molecule has 24 rings (SSSR count). The average molecular weight is 1940 g/mol. The Kier molecular flexibility index (Phi) is 28.7. The van der Waals surface area contributed by atoms with Crippen LogP contribution in [0.4, 0.5) is 0 Å². The van der Waals surface area contributed by atoms with Crippen molar-refractivity contribution in [3.8, 4) is 0 Å². The minimum Gasteiger partial charge on any atom is -0.371 e. The lowest BCUT2D eigenvalue weighted by Crippen LogP contribution is -2.54. The maximum absolute atomic E-state index is 12.6. The highest BCUT2D eigenvalue weighted by molar-refractivity contribution is 5.82. The second kappa shape index (κ2) is 38.8. The third kappa shape index (κ3) is 18.0. The summed E-state index contributed by atoms with van der Waals surface area (Å²) in [6.07, 6.45) is 51.4. The molecule has 0 unspecified atom stereocenters. The summed E-state index contributed by atoms with van der Waals surface area (Å²) in [5, 5.41) is 6.45. The molecule has 15 nitrogen and oxygen atoms in total. The first-order chi connectivity index (χ1) is 66.4. The molecule has 141 heavy (non-hydrogen) atoms. The summed E-state index contributed by atoms with van der Waals surface area (Å²) in [6.45, 7) is 53.7. The van der Waals surface area contributed by atoms with Gasteiger partial charge in [0.2, 0.25) is 17.7 Å². The predicted octanol–water partition coefficient (Wildman–Crippen LogP) is 26.2. The van der Waals surface area contributed by atoms with E-state index in [1.807, 2.05) is 31.9 Å². The van der Waals surface area contributed by atoms with Crippen molar-refractivity contribution in [2.24, 2.45) is 175 Å². The first-order valence-corrected chi connectivity index (χ1v) is 59.6. The van der Waals surface area contributed by atoms with Crippen LogP contribution in [-0.4, -0.2) is 161 Å². The number of likely N-dealkylation sites (N-methyl/N-ethyl adjacent to an activating group) is 1. The summed E-state index contributed by atoms with van der Waals surface area (Å²) in [5.74, 6) is 20.0. The quantitative estimate of drug-likeness (QED) is 0.256. The van der Waals surface area contributed by atoms with E-state index in [0.717, 1.165) is 205 Å². The Morgan fingerprint density at radius 1 is 0.383 bits per heavy atom. The van der Waals surface area contributed by atoms with Gasteiger partial charge in [0.25, 0.3) is 0 Å². The molecule has 7 saturated heterocycles. The van der Waals surface area contributed by atoms with E-state index in [1.54, 1.807) is 47.3 Å². The molecule has 0 aromatic rings. The second-order valence-corrected chi connectivity index (χ2v) is 57.7. The zero-order chi connectivity index (χ0) is 98.8. The fourth-order valence-corrected chi connectivity index (χ4v) is 41.9. The van der Waals surface area contributed by atoms with Crippen LogP contribution >= 0.6 is 0 Å². The number of rotatable bonds is 4. The van der Waals surface area contributed by atoms with E-state index >= 15 is 0 Å². The van der Waals surface area contributed by atoms with Crippen molar-refractivity contribution in [3.05, 3.63) is 44.6 Å². The van der Waals surface area contributed by atoms with Gasteiger partial charge in [-0.1, -0.05) is 162 Å². The van der Waals surface area contributed by atoms with Crippen LogP contribution in [0.15, 0.2) is 44.6 Å². The summed E-state index contributed by atoms with van der Waals surface area (Å²) in [4.78, 5) is 80.9. The average Bonchev–Trinajstić information content (AvgIpc) is 1.57. The van der Waals surface area contributed by atoms with E-state index in [1.165, 1.54) is 180 Å². The summed E-state index contributed by atoms with van der Waals surface area (Å²) in [6, 6.07) is 1.70. The molecule has 4 spiro atoms. The zero-order valence-electron chi connectivity index (χ0n) is 92.2. The minimum absolute atomic E-state index is 0. The van der Waals surface area contributed by atoms with Gasteiger partial charge in [-0.2, -0.15) is 0 Å². The lowest BCUT2D eigenvalue weighted by atomic mass is 9.52. The highest BCUT2D eigenvalue weighted by Crippen LogP contribution is 2.72. The predicted molar refractivity (Wildman–Crippen MR) is 565 cm³/mol. The Morgan fingerprint density at radius 2 is 0.738 bits per heavy atom. The Balaban J connectivity index is 0.000000115. The monoisotopic (exact) mass is 1940 g/mol. The number of Topliss-reactive ketones (excluding diaryl/α,β-unsaturated/α-hetero) is 3. The molecular formula is C126H199N5O10. The maximum atomic E-state index is 12.6. The van der Waals surface area contributed by atoms with Crippen LogP contribution in [0.3, 0.4) is 0 Å². The molecule has 20 fully saturated rings. The molecule has 15 heteroatoms. The van der Waals surface area contributed by atoms with Gasteiger partial charge in [0.15, 0.2) is 0 Å². The number of nitrogens with zero attached hydrogens (tertiary/aromatic N) is 3. The number of ketones is 3. The van der Waals surface area contributed by atoms with E-state index in [0.29, 0.717) is 141 Å². The van der Waals surface area contributed by atoms with E-state index < -0.39 is 0 Å². The van der Waals surface area contributed by atoms with Gasteiger partial charge in [0, 0.05) is 126 Å². The van der Waals surface area contributed by atoms with Crippen LogP contribution in [0.5, 0.6) is 0 Å². The minimum atomic E-state index is -0.348. The molecule has 2 N–H and O–H groups in total. The summed E-state index contributed by atoms with van der Waals surface area (Å²) < 4.78 is 28.5. The van der Waals surface area contributed by atoms with Gasteiger partial charge in [-0.25, -0.2) is 0 Å². The van der Waals surface area contributed by atoms with Crippen LogP contribution < -0.4 is 10.6 Å². The molecular weight excluding hydrogens is 1740 g/mol. The van der Waals surface area contributed by atoms with E-state index in [4.69, 9.17) is 18.9 Å². The number of allylic oxidation sites excluding steroid dienone is 4. The zero-order valence-corrected chi connectivity index (χ0v) is 92.2. The molecule has 17 aliphatic carbocycles. The van der Waals surface area contributed by atoms with Crippen LogP contribution in [-0.2, 0) is 47.7 Å². The Labute approximate surface area is 855 Å².